The Bertz CT molecular complexity index is 546. The molecule has 0 bridgehead atoms. The molecule has 1 atom stereocenters. The van der Waals surface area contributed by atoms with Crippen LogP contribution >= 0.6 is 0 Å². The summed E-state index contributed by atoms with van der Waals surface area (Å²) in [5.74, 6) is 1.37. The number of nitrogens with zero attached hydrogens (tertiary/aromatic N) is 2. The van der Waals surface area contributed by atoms with E-state index in [0.29, 0.717) is 5.92 Å². The Morgan fingerprint density at radius 1 is 1.10 bits per heavy atom. The fourth-order valence-corrected chi connectivity index (χ4v) is 2.29. The van der Waals surface area contributed by atoms with Gasteiger partial charge in [0.2, 0.25) is 0 Å². The van der Waals surface area contributed by atoms with Gasteiger partial charge in [0, 0.05) is 11.8 Å². The molecule has 3 heteroatoms. The molecule has 1 aromatic carbocycles. The van der Waals surface area contributed by atoms with Crippen LogP contribution in [0.1, 0.15) is 43.6 Å². The van der Waals surface area contributed by atoms with Gasteiger partial charge in [-0.1, -0.05) is 45.0 Å². The molecule has 2 aromatic rings. The topological polar surface area (TPSA) is 37.8 Å². The van der Waals surface area contributed by atoms with Crippen LogP contribution in [0.25, 0.3) is 0 Å². The minimum atomic E-state index is 0.259. The van der Waals surface area contributed by atoms with Crippen LogP contribution in [0, 0.1) is 12.8 Å². The number of nitrogens with one attached hydrogen (secondary N) is 1. The van der Waals surface area contributed by atoms with Crippen molar-refractivity contribution in [3.05, 3.63) is 53.5 Å². The molecular weight excluding hydrogens is 246 g/mol. The predicted molar refractivity (Wildman–Crippen MR) is 83.8 cm³/mol. The maximum absolute atomic E-state index is 4.30. The molecule has 20 heavy (non-hydrogen) atoms. The number of hydrogen-bond donors (Lipinski definition) is 1. The molecule has 1 aromatic heterocycles. The molecule has 0 saturated heterocycles. The molecule has 0 spiro atoms. The minimum Gasteiger partial charge on any atom is -0.363 e. The summed E-state index contributed by atoms with van der Waals surface area (Å²) < 4.78 is 0. The highest BCUT2D eigenvalue weighted by molar-refractivity contribution is 5.39. The fraction of sp³-hybridized carbons (Fsp3) is 0.412. The monoisotopic (exact) mass is 269 g/mol. The standard InChI is InChI=1S/C17H23N3/c1-5-14-6-8-15(9-7-14)17(12(2)3)20-16-10-13(4)18-11-19-16/h6-12,17H,5H2,1-4H3,(H,18,19,20). The molecule has 0 aliphatic heterocycles. The summed E-state index contributed by atoms with van der Waals surface area (Å²) in [7, 11) is 0. The van der Waals surface area contributed by atoms with Crippen LogP contribution in [0.5, 0.6) is 0 Å². The van der Waals surface area contributed by atoms with Crippen molar-refractivity contribution in [2.75, 3.05) is 5.32 Å². The Hall–Kier alpha value is -1.90. The Labute approximate surface area is 121 Å². The average Bonchev–Trinajstić information content (AvgIpc) is 2.45. The van der Waals surface area contributed by atoms with E-state index in [2.05, 4.69) is 60.3 Å². The second kappa shape index (κ2) is 6.51. The van der Waals surface area contributed by atoms with Crippen molar-refractivity contribution in [2.45, 2.75) is 40.2 Å². The van der Waals surface area contributed by atoms with Crippen LogP contribution in [-0.4, -0.2) is 9.97 Å². The van der Waals surface area contributed by atoms with Crippen molar-refractivity contribution in [1.82, 2.24) is 9.97 Å². The molecular formula is C17H23N3. The van der Waals surface area contributed by atoms with Crippen molar-refractivity contribution < 1.29 is 0 Å². The van der Waals surface area contributed by atoms with Crippen LogP contribution in [0.4, 0.5) is 5.82 Å². The van der Waals surface area contributed by atoms with Gasteiger partial charge in [-0.15, -0.1) is 0 Å². The van der Waals surface area contributed by atoms with Gasteiger partial charge in [-0.05, 0) is 30.4 Å². The van der Waals surface area contributed by atoms with Gasteiger partial charge in [0.1, 0.15) is 12.1 Å². The van der Waals surface area contributed by atoms with Gasteiger partial charge in [0.25, 0.3) is 0 Å². The molecule has 3 nitrogen and oxygen atoms in total. The smallest absolute Gasteiger partial charge is 0.130 e. The van der Waals surface area contributed by atoms with Crippen molar-refractivity contribution in [2.24, 2.45) is 5.92 Å². The first-order valence-electron chi connectivity index (χ1n) is 7.24. The van der Waals surface area contributed by atoms with Crippen LogP contribution in [0.15, 0.2) is 36.7 Å². The molecule has 1 heterocycles. The van der Waals surface area contributed by atoms with Gasteiger partial charge in [-0.25, -0.2) is 9.97 Å². The summed E-state index contributed by atoms with van der Waals surface area (Å²) in [6.07, 6.45) is 2.68. The summed E-state index contributed by atoms with van der Waals surface area (Å²) in [6, 6.07) is 11.1. The lowest BCUT2D eigenvalue weighted by atomic mass is 9.95. The minimum absolute atomic E-state index is 0.259. The van der Waals surface area contributed by atoms with Gasteiger partial charge in [0.15, 0.2) is 0 Å². The number of aryl methyl sites for hydroxylation is 2. The van der Waals surface area contributed by atoms with Gasteiger partial charge >= 0.3 is 0 Å². The second-order valence-corrected chi connectivity index (χ2v) is 5.51. The van der Waals surface area contributed by atoms with E-state index >= 15 is 0 Å². The highest BCUT2D eigenvalue weighted by Gasteiger charge is 2.16. The van der Waals surface area contributed by atoms with E-state index in [1.807, 2.05) is 13.0 Å². The Morgan fingerprint density at radius 2 is 1.80 bits per heavy atom. The average molecular weight is 269 g/mol. The lowest BCUT2D eigenvalue weighted by molar-refractivity contribution is 0.544. The molecule has 0 aliphatic carbocycles. The normalized spacial score (nSPS) is 12.4. The summed E-state index contributed by atoms with van der Waals surface area (Å²) in [5.41, 5.74) is 3.65. The molecule has 0 amide bonds. The molecule has 106 valence electrons. The number of aromatic nitrogens is 2. The first kappa shape index (κ1) is 14.5. The van der Waals surface area contributed by atoms with E-state index < -0.39 is 0 Å². The SMILES string of the molecule is CCc1ccc(C(Nc2cc(C)ncn2)C(C)C)cc1. The first-order valence-corrected chi connectivity index (χ1v) is 7.24. The van der Waals surface area contributed by atoms with E-state index in [-0.39, 0.29) is 6.04 Å². The fourth-order valence-electron chi connectivity index (χ4n) is 2.29. The third-order valence-electron chi connectivity index (χ3n) is 3.52. The zero-order chi connectivity index (χ0) is 14.5. The quantitative estimate of drug-likeness (QED) is 0.885. The Morgan fingerprint density at radius 3 is 2.35 bits per heavy atom. The zero-order valence-electron chi connectivity index (χ0n) is 12.7. The van der Waals surface area contributed by atoms with Crippen molar-refractivity contribution >= 4 is 5.82 Å². The van der Waals surface area contributed by atoms with E-state index in [1.165, 1.54) is 11.1 Å². The highest BCUT2D eigenvalue weighted by Crippen LogP contribution is 2.26. The van der Waals surface area contributed by atoms with Crippen molar-refractivity contribution in [3.63, 3.8) is 0 Å². The van der Waals surface area contributed by atoms with Crippen LogP contribution in [-0.2, 0) is 6.42 Å². The van der Waals surface area contributed by atoms with Crippen LogP contribution < -0.4 is 5.32 Å². The summed E-state index contributed by atoms with van der Waals surface area (Å²) in [4.78, 5) is 8.44. The van der Waals surface area contributed by atoms with Crippen molar-refractivity contribution in [1.29, 1.82) is 0 Å². The van der Waals surface area contributed by atoms with Gasteiger partial charge in [-0.2, -0.15) is 0 Å². The molecule has 0 saturated carbocycles. The third kappa shape index (κ3) is 3.56. The summed E-state index contributed by atoms with van der Waals surface area (Å²) >= 11 is 0. The van der Waals surface area contributed by atoms with E-state index in [4.69, 9.17) is 0 Å². The molecule has 1 unspecified atom stereocenters. The maximum atomic E-state index is 4.30. The number of anilines is 1. The third-order valence-corrected chi connectivity index (χ3v) is 3.52. The molecule has 2 rings (SSSR count). The second-order valence-electron chi connectivity index (χ2n) is 5.51. The zero-order valence-corrected chi connectivity index (χ0v) is 12.7. The van der Waals surface area contributed by atoms with E-state index in [0.717, 1.165) is 17.9 Å². The van der Waals surface area contributed by atoms with E-state index in [9.17, 15) is 0 Å². The predicted octanol–water partition coefficient (Wildman–Crippen LogP) is 4.16. The first-order chi connectivity index (χ1) is 9.60. The van der Waals surface area contributed by atoms with Gasteiger partial charge in [-0.3, -0.25) is 0 Å². The van der Waals surface area contributed by atoms with Crippen LogP contribution in [0.2, 0.25) is 0 Å². The van der Waals surface area contributed by atoms with Crippen molar-refractivity contribution in [3.8, 4) is 0 Å². The number of hydrogen-bond acceptors (Lipinski definition) is 3. The molecule has 0 radical (unpaired) electrons. The van der Waals surface area contributed by atoms with Gasteiger partial charge < -0.3 is 5.32 Å². The van der Waals surface area contributed by atoms with E-state index in [1.54, 1.807) is 6.33 Å². The lowest BCUT2D eigenvalue weighted by Crippen LogP contribution is -2.17. The lowest BCUT2D eigenvalue weighted by Gasteiger charge is -2.23. The van der Waals surface area contributed by atoms with Gasteiger partial charge in [0.05, 0.1) is 6.04 Å². The molecule has 1 N–H and O–H groups in total. The molecule has 0 aliphatic rings. The summed E-state index contributed by atoms with van der Waals surface area (Å²) in [6.45, 7) is 8.60. The highest BCUT2D eigenvalue weighted by atomic mass is 15.0. The largest absolute Gasteiger partial charge is 0.363 e. The Balaban J connectivity index is 2.22. The summed E-state index contributed by atoms with van der Waals surface area (Å²) in [5, 5.41) is 3.52. The number of rotatable bonds is 5. The molecule has 0 fully saturated rings. The van der Waals surface area contributed by atoms with Crippen LogP contribution in [0.3, 0.4) is 0 Å². The Kier molecular flexibility index (Phi) is 4.72. The maximum Gasteiger partial charge on any atom is 0.130 e. The number of benzene rings is 1.